The Morgan fingerprint density at radius 3 is 2.29 bits per heavy atom. The molecule has 1 spiro atoms. The van der Waals surface area contributed by atoms with Gasteiger partial charge in [-0.1, -0.05) is 100 Å². The molecule has 0 N–H and O–H groups in total. The van der Waals surface area contributed by atoms with Crippen LogP contribution in [-0.4, -0.2) is 0 Å². The van der Waals surface area contributed by atoms with E-state index in [1.807, 2.05) is 0 Å². The van der Waals surface area contributed by atoms with Gasteiger partial charge in [0.2, 0.25) is 0 Å². The van der Waals surface area contributed by atoms with Gasteiger partial charge in [0.25, 0.3) is 0 Å². The van der Waals surface area contributed by atoms with E-state index in [0.717, 1.165) is 16.3 Å². The third kappa shape index (κ3) is 2.74. The van der Waals surface area contributed by atoms with Gasteiger partial charge < -0.3 is 0 Å². The molecule has 4 bridgehead atoms. The summed E-state index contributed by atoms with van der Waals surface area (Å²) in [4.78, 5) is 0. The van der Waals surface area contributed by atoms with Crippen molar-refractivity contribution >= 4 is 15.9 Å². The summed E-state index contributed by atoms with van der Waals surface area (Å²) >= 11 is 3.83. The molecule has 4 unspecified atom stereocenters. The molecule has 0 radical (unpaired) electrons. The zero-order valence-electron chi connectivity index (χ0n) is 19.7. The highest BCUT2D eigenvalue weighted by Gasteiger charge is 2.59. The molecule has 0 aromatic heterocycles. The van der Waals surface area contributed by atoms with Crippen molar-refractivity contribution < 1.29 is 0 Å². The lowest BCUT2D eigenvalue weighted by atomic mass is 9.46. The quantitative estimate of drug-likeness (QED) is 0.233. The maximum atomic E-state index is 3.83. The molecule has 0 amide bonds. The Morgan fingerprint density at radius 2 is 1.43 bits per heavy atom. The number of rotatable bonds is 2. The normalized spacial score (nSPS) is 27.1. The topological polar surface area (TPSA) is 0 Å². The van der Waals surface area contributed by atoms with E-state index in [1.165, 1.54) is 59.1 Å². The van der Waals surface area contributed by atoms with E-state index in [1.54, 1.807) is 16.7 Å². The predicted molar refractivity (Wildman–Crippen MR) is 148 cm³/mol. The van der Waals surface area contributed by atoms with E-state index in [0.29, 0.717) is 5.92 Å². The Hall–Kier alpha value is -2.90. The summed E-state index contributed by atoms with van der Waals surface area (Å²) in [5, 5.41) is 0. The third-order valence-corrected chi connectivity index (χ3v) is 9.86. The summed E-state index contributed by atoms with van der Waals surface area (Å²) in [6.07, 6.45) is 8.09. The van der Waals surface area contributed by atoms with Crippen molar-refractivity contribution in [2.45, 2.75) is 31.1 Å². The molecule has 2 saturated carbocycles. The van der Waals surface area contributed by atoms with Gasteiger partial charge in [-0.15, -0.1) is 0 Å². The first-order valence-electron chi connectivity index (χ1n) is 13.0. The van der Waals surface area contributed by atoms with E-state index in [9.17, 15) is 0 Å². The molecule has 4 aromatic carbocycles. The zero-order chi connectivity index (χ0) is 23.1. The second-order valence-electron chi connectivity index (χ2n) is 11.1. The van der Waals surface area contributed by atoms with E-state index in [4.69, 9.17) is 0 Å². The van der Waals surface area contributed by atoms with Crippen molar-refractivity contribution in [1.82, 2.24) is 0 Å². The molecule has 5 aliphatic rings. The van der Waals surface area contributed by atoms with Crippen LogP contribution >= 0.6 is 15.9 Å². The largest absolute Gasteiger partial charge is 0.0809 e. The number of fused-ring (bicyclic) bond motifs is 3. The fourth-order valence-corrected chi connectivity index (χ4v) is 8.84. The fourth-order valence-electron chi connectivity index (χ4n) is 8.35. The van der Waals surface area contributed by atoms with Crippen LogP contribution in [0, 0.1) is 17.8 Å². The van der Waals surface area contributed by atoms with E-state index in [2.05, 4.69) is 113 Å². The van der Waals surface area contributed by atoms with Gasteiger partial charge in [-0.25, -0.2) is 0 Å². The molecule has 4 atom stereocenters. The summed E-state index contributed by atoms with van der Waals surface area (Å²) in [7, 11) is 0. The van der Waals surface area contributed by atoms with E-state index < -0.39 is 0 Å². The number of allylic oxidation sites excluding steroid dienone is 2. The van der Waals surface area contributed by atoms with Crippen molar-refractivity contribution in [3.8, 4) is 33.4 Å². The molecule has 170 valence electrons. The van der Waals surface area contributed by atoms with Gasteiger partial charge in [-0.3, -0.25) is 0 Å². The molecule has 0 aliphatic heterocycles. The summed E-state index contributed by atoms with van der Waals surface area (Å²) in [5.74, 6) is 2.28. The molecule has 2 fully saturated rings. The highest BCUT2D eigenvalue weighted by atomic mass is 79.9. The van der Waals surface area contributed by atoms with Crippen molar-refractivity contribution in [1.29, 1.82) is 0 Å². The van der Waals surface area contributed by atoms with Crippen molar-refractivity contribution in [3.63, 3.8) is 0 Å². The molecule has 0 saturated heterocycles. The molecule has 35 heavy (non-hydrogen) atoms. The van der Waals surface area contributed by atoms with Gasteiger partial charge in [-0.05, 0) is 106 Å². The SMILES string of the molecule is Brc1cc(-c2ccccc2)cc(-c2cccc3c2-c2ccccc2C32C3C=C4CC(C3)CC2C4)c1. The van der Waals surface area contributed by atoms with E-state index >= 15 is 0 Å². The monoisotopic (exact) mass is 514 g/mol. The first-order valence-corrected chi connectivity index (χ1v) is 13.8. The maximum Gasteiger partial charge on any atom is 0.0309 e. The van der Waals surface area contributed by atoms with Gasteiger partial charge in [0.05, 0.1) is 0 Å². The fraction of sp³-hybridized carbons (Fsp3) is 0.235. The molecule has 1 heteroatoms. The van der Waals surface area contributed by atoms with Gasteiger partial charge in [0.15, 0.2) is 0 Å². The highest BCUT2D eigenvalue weighted by Crippen LogP contribution is 2.68. The Kier molecular flexibility index (Phi) is 4.24. The van der Waals surface area contributed by atoms with Crippen LogP contribution in [0.25, 0.3) is 33.4 Å². The molecular formula is C34H27Br. The van der Waals surface area contributed by atoms with Crippen LogP contribution in [-0.2, 0) is 5.41 Å². The van der Waals surface area contributed by atoms with Gasteiger partial charge in [0, 0.05) is 9.89 Å². The highest BCUT2D eigenvalue weighted by molar-refractivity contribution is 9.10. The van der Waals surface area contributed by atoms with Crippen LogP contribution in [0.5, 0.6) is 0 Å². The van der Waals surface area contributed by atoms with Crippen molar-refractivity contribution in [2.75, 3.05) is 0 Å². The molecule has 5 aliphatic carbocycles. The predicted octanol–water partition coefficient (Wildman–Crippen LogP) is 9.43. The van der Waals surface area contributed by atoms with Crippen LogP contribution in [0.2, 0.25) is 0 Å². The third-order valence-electron chi connectivity index (χ3n) is 9.40. The van der Waals surface area contributed by atoms with Crippen molar-refractivity contribution in [3.05, 3.63) is 118 Å². The Morgan fingerprint density at radius 1 is 0.657 bits per heavy atom. The molecule has 9 rings (SSSR count). The lowest BCUT2D eigenvalue weighted by Crippen LogP contribution is -2.51. The minimum Gasteiger partial charge on any atom is -0.0809 e. The second-order valence-corrected chi connectivity index (χ2v) is 12.0. The first kappa shape index (κ1) is 20.3. The minimum absolute atomic E-state index is 0.149. The van der Waals surface area contributed by atoms with E-state index in [-0.39, 0.29) is 5.41 Å². The Bertz CT molecular complexity index is 1530. The molecule has 0 nitrogen and oxygen atoms in total. The average Bonchev–Trinajstić information content (AvgIpc) is 3.18. The summed E-state index contributed by atoms with van der Waals surface area (Å²) in [6.45, 7) is 0. The minimum atomic E-state index is 0.149. The second kappa shape index (κ2) is 7.31. The van der Waals surface area contributed by atoms with Crippen LogP contribution in [0.3, 0.4) is 0 Å². The van der Waals surface area contributed by atoms with Crippen LogP contribution in [0.4, 0.5) is 0 Å². The Labute approximate surface area is 215 Å². The number of hydrogen-bond donors (Lipinski definition) is 0. The van der Waals surface area contributed by atoms with Crippen LogP contribution in [0.1, 0.15) is 36.8 Å². The first-order chi connectivity index (χ1) is 17.2. The molecule has 4 aromatic rings. The number of halogens is 1. The van der Waals surface area contributed by atoms with Crippen LogP contribution < -0.4 is 0 Å². The molecular weight excluding hydrogens is 488 g/mol. The average molecular weight is 515 g/mol. The number of benzene rings is 4. The van der Waals surface area contributed by atoms with Crippen LogP contribution in [0.15, 0.2) is 107 Å². The van der Waals surface area contributed by atoms with Crippen molar-refractivity contribution in [2.24, 2.45) is 17.8 Å². The lowest BCUT2D eigenvalue weighted by Gasteiger charge is -2.57. The Balaban J connectivity index is 1.39. The molecule has 0 heterocycles. The lowest BCUT2D eigenvalue weighted by molar-refractivity contribution is 0.0835. The summed E-state index contributed by atoms with van der Waals surface area (Å²) in [5.41, 5.74) is 13.2. The van der Waals surface area contributed by atoms with Gasteiger partial charge in [-0.2, -0.15) is 0 Å². The number of hydrogen-bond acceptors (Lipinski definition) is 0. The summed E-state index contributed by atoms with van der Waals surface area (Å²) < 4.78 is 1.13. The van der Waals surface area contributed by atoms with Gasteiger partial charge >= 0.3 is 0 Å². The summed E-state index contributed by atoms with van der Waals surface area (Å²) in [6, 6.07) is 34.1. The zero-order valence-corrected chi connectivity index (χ0v) is 21.3. The standard InChI is InChI=1S/C34H27Br/c35-28-19-24(23-7-2-1-3-8-23)18-25(20-28)29-10-6-12-32-33(29)30-9-4-5-11-31(30)34(32)26-14-21-13-22(16-26)17-27(34)15-21/h1-12,14,18-20,22,26-27H,13,15-17H2. The van der Waals surface area contributed by atoms with Gasteiger partial charge in [0.1, 0.15) is 0 Å². The smallest absolute Gasteiger partial charge is 0.0309 e. The maximum absolute atomic E-state index is 3.83.